The number of hydrogen-bond donors (Lipinski definition) is 1. The van der Waals surface area contributed by atoms with Crippen LogP contribution in [-0.4, -0.2) is 18.1 Å². The van der Waals surface area contributed by atoms with Crippen molar-refractivity contribution in [2.24, 2.45) is 5.92 Å². The molecule has 1 N–H and O–H groups in total. The minimum atomic E-state index is 0.518. The predicted octanol–water partition coefficient (Wildman–Crippen LogP) is 3.38. The van der Waals surface area contributed by atoms with Crippen molar-refractivity contribution in [3.63, 3.8) is 0 Å². The molecule has 0 radical (unpaired) electrons. The highest BCUT2D eigenvalue weighted by Crippen LogP contribution is 2.25. The molecule has 1 heterocycles. The Morgan fingerprint density at radius 2 is 2.05 bits per heavy atom. The van der Waals surface area contributed by atoms with E-state index in [1.54, 1.807) is 0 Å². The molecule has 0 fully saturated rings. The Bertz CT molecular complexity index is 537. The maximum absolute atomic E-state index is 5.93. The van der Waals surface area contributed by atoms with Crippen molar-refractivity contribution >= 4 is 10.9 Å². The van der Waals surface area contributed by atoms with Crippen molar-refractivity contribution in [3.05, 3.63) is 36.0 Å². The topological polar surface area (TPSA) is 34.1 Å². The van der Waals surface area contributed by atoms with Crippen LogP contribution in [0.1, 0.15) is 26.5 Å². The van der Waals surface area contributed by atoms with Gasteiger partial charge in [0.1, 0.15) is 5.75 Å². The smallest absolute Gasteiger partial charge is 0.130 e. The van der Waals surface area contributed by atoms with Gasteiger partial charge in [0.15, 0.2) is 0 Å². The van der Waals surface area contributed by atoms with Gasteiger partial charge in [-0.1, -0.05) is 32.9 Å². The quantitative estimate of drug-likeness (QED) is 0.862. The largest absolute Gasteiger partial charge is 0.493 e. The fourth-order valence-corrected chi connectivity index (χ4v) is 1.92. The van der Waals surface area contributed by atoms with Crippen LogP contribution in [0.15, 0.2) is 30.3 Å². The maximum atomic E-state index is 5.93. The molecule has 0 aliphatic heterocycles. The van der Waals surface area contributed by atoms with Gasteiger partial charge >= 0.3 is 0 Å². The van der Waals surface area contributed by atoms with E-state index in [1.807, 2.05) is 24.3 Å². The fraction of sp³-hybridized carbons (Fsp3) is 0.438. The van der Waals surface area contributed by atoms with Crippen LogP contribution in [0.2, 0.25) is 0 Å². The standard InChI is InChI=1S/C16H22N2O/c1-4-17-10-13-9-16(19-11-12(2)3)14-7-5-6-8-15(14)18-13/h5-9,12,17H,4,10-11H2,1-3H3. The Morgan fingerprint density at radius 3 is 2.79 bits per heavy atom. The zero-order valence-electron chi connectivity index (χ0n) is 11.9. The van der Waals surface area contributed by atoms with Gasteiger partial charge in [0.25, 0.3) is 0 Å². The van der Waals surface area contributed by atoms with Gasteiger partial charge in [-0.3, -0.25) is 4.98 Å². The molecule has 0 aliphatic rings. The Kier molecular flexibility index (Phi) is 4.74. The van der Waals surface area contributed by atoms with Crippen molar-refractivity contribution < 1.29 is 4.74 Å². The lowest BCUT2D eigenvalue weighted by molar-refractivity contribution is 0.273. The molecule has 1 aromatic heterocycles. The van der Waals surface area contributed by atoms with E-state index in [0.717, 1.165) is 42.0 Å². The van der Waals surface area contributed by atoms with Gasteiger partial charge in [-0.05, 0) is 24.6 Å². The number of pyridine rings is 1. The van der Waals surface area contributed by atoms with Crippen molar-refractivity contribution in [1.29, 1.82) is 0 Å². The van der Waals surface area contributed by atoms with E-state index < -0.39 is 0 Å². The van der Waals surface area contributed by atoms with Crippen LogP contribution >= 0.6 is 0 Å². The molecule has 0 saturated heterocycles. The number of nitrogens with zero attached hydrogens (tertiary/aromatic N) is 1. The van der Waals surface area contributed by atoms with E-state index in [2.05, 4.69) is 37.1 Å². The van der Waals surface area contributed by atoms with Gasteiger partial charge < -0.3 is 10.1 Å². The molecule has 0 atom stereocenters. The summed E-state index contributed by atoms with van der Waals surface area (Å²) in [4.78, 5) is 4.66. The fourth-order valence-electron chi connectivity index (χ4n) is 1.92. The molecule has 1 aromatic carbocycles. The summed E-state index contributed by atoms with van der Waals surface area (Å²) in [5, 5.41) is 4.39. The Morgan fingerprint density at radius 1 is 1.26 bits per heavy atom. The van der Waals surface area contributed by atoms with E-state index in [1.165, 1.54) is 0 Å². The third kappa shape index (κ3) is 3.67. The van der Waals surface area contributed by atoms with Crippen LogP contribution in [0, 0.1) is 5.92 Å². The lowest BCUT2D eigenvalue weighted by atomic mass is 10.1. The molecule has 2 aromatic rings. The highest BCUT2D eigenvalue weighted by atomic mass is 16.5. The Balaban J connectivity index is 2.33. The molecule has 0 aliphatic carbocycles. The van der Waals surface area contributed by atoms with Crippen LogP contribution in [0.3, 0.4) is 0 Å². The number of nitrogens with one attached hydrogen (secondary N) is 1. The molecule has 0 bridgehead atoms. The summed E-state index contributed by atoms with van der Waals surface area (Å²) in [6, 6.07) is 10.2. The molecule has 2 rings (SSSR count). The number of ether oxygens (including phenoxy) is 1. The SMILES string of the molecule is CCNCc1cc(OCC(C)C)c2ccccc2n1. The Labute approximate surface area is 115 Å². The second-order valence-corrected chi connectivity index (χ2v) is 5.11. The molecule has 0 amide bonds. The van der Waals surface area contributed by atoms with Crippen molar-refractivity contribution in [3.8, 4) is 5.75 Å². The normalized spacial score (nSPS) is 11.2. The van der Waals surface area contributed by atoms with Gasteiger partial charge in [-0.2, -0.15) is 0 Å². The number of hydrogen-bond acceptors (Lipinski definition) is 3. The molecular weight excluding hydrogens is 236 g/mol. The molecule has 19 heavy (non-hydrogen) atoms. The van der Waals surface area contributed by atoms with E-state index in [-0.39, 0.29) is 0 Å². The summed E-state index contributed by atoms with van der Waals surface area (Å²) in [6.45, 7) is 8.85. The molecule has 3 heteroatoms. The van der Waals surface area contributed by atoms with E-state index in [9.17, 15) is 0 Å². The first-order chi connectivity index (χ1) is 9.20. The van der Waals surface area contributed by atoms with Crippen LogP contribution in [0.4, 0.5) is 0 Å². The van der Waals surface area contributed by atoms with Gasteiger partial charge in [0.2, 0.25) is 0 Å². The maximum Gasteiger partial charge on any atom is 0.130 e. The van der Waals surface area contributed by atoms with Crippen LogP contribution in [-0.2, 0) is 6.54 Å². The Hall–Kier alpha value is -1.61. The van der Waals surface area contributed by atoms with E-state index in [0.29, 0.717) is 5.92 Å². The summed E-state index contributed by atoms with van der Waals surface area (Å²) in [5.41, 5.74) is 2.02. The second-order valence-electron chi connectivity index (χ2n) is 5.11. The lowest BCUT2D eigenvalue weighted by Crippen LogP contribution is -2.13. The van der Waals surface area contributed by atoms with Crippen LogP contribution < -0.4 is 10.1 Å². The molecule has 0 saturated carbocycles. The van der Waals surface area contributed by atoms with Gasteiger partial charge in [-0.25, -0.2) is 0 Å². The first kappa shape index (κ1) is 13.8. The van der Waals surface area contributed by atoms with Crippen LogP contribution in [0.5, 0.6) is 5.75 Å². The third-order valence-electron chi connectivity index (χ3n) is 2.86. The highest BCUT2D eigenvalue weighted by molar-refractivity contribution is 5.85. The molecule has 0 unspecified atom stereocenters. The summed E-state index contributed by atoms with van der Waals surface area (Å²) in [6.07, 6.45) is 0. The summed E-state index contributed by atoms with van der Waals surface area (Å²) >= 11 is 0. The minimum Gasteiger partial charge on any atom is -0.493 e. The van der Waals surface area contributed by atoms with Gasteiger partial charge in [0, 0.05) is 18.0 Å². The monoisotopic (exact) mass is 258 g/mol. The molecular formula is C16H22N2O. The third-order valence-corrected chi connectivity index (χ3v) is 2.86. The first-order valence-corrected chi connectivity index (χ1v) is 6.93. The number of para-hydroxylation sites is 1. The second kappa shape index (κ2) is 6.53. The lowest BCUT2D eigenvalue weighted by Gasteiger charge is -2.13. The van der Waals surface area contributed by atoms with Crippen molar-refractivity contribution in [1.82, 2.24) is 10.3 Å². The summed E-state index contributed by atoms with van der Waals surface area (Å²) in [5.74, 6) is 1.45. The summed E-state index contributed by atoms with van der Waals surface area (Å²) in [7, 11) is 0. The average molecular weight is 258 g/mol. The van der Waals surface area contributed by atoms with Gasteiger partial charge in [-0.15, -0.1) is 0 Å². The number of aromatic nitrogens is 1. The van der Waals surface area contributed by atoms with Crippen molar-refractivity contribution in [2.75, 3.05) is 13.2 Å². The summed E-state index contributed by atoms with van der Waals surface area (Å²) < 4.78 is 5.93. The average Bonchev–Trinajstić information content (AvgIpc) is 2.42. The zero-order valence-corrected chi connectivity index (χ0v) is 11.9. The number of rotatable bonds is 6. The van der Waals surface area contributed by atoms with E-state index >= 15 is 0 Å². The zero-order chi connectivity index (χ0) is 13.7. The minimum absolute atomic E-state index is 0.518. The van der Waals surface area contributed by atoms with Crippen molar-refractivity contribution in [2.45, 2.75) is 27.3 Å². The molecule has 0 spiro atoms. The molecule has 3 nitrogen and oxygen atoms in total. The van der Waals surface area contributed by atoms with Gasteiger partial charge in [0.05, 0.1) is 17.8 Å². The predicted molar refractivity (Wildman–Crippen MR) is 79.5 cm³/mol. The highest BCUT2D eigenvalue weighted by Gasteiger charge is 2.07. The van der Waals surface area contributed by atoms with E-state index in [4.69, 9.17) is 4.74 Å². The first-order valence-electron chi connectivity index (χ1n) is 6.93. The number of fused-ring (bicyclic) bond motifs is 1. The molecule has 102 valence electrons. The number of benzene rings is 1. The van der Waals surface area contributed by atoms with Crippen LogP contribution in [0.25, 0.3) is 10.9 Å².